The van der Waals surface area contributed by atoms with Gasteiger partial charge in [-0.25, -0.2) is 0 Å². The van der Waals surface area contributed by atoms with E-state index in [-0.39, 0.29) is 5.54 Å². The average Bonchev–Trinajstić information content (AvgIpc) is 2.19. The highest BCUT2D eigenvalue weighted by atomic mass is 16.1. The first-order valence-electron chi connectivity index (χ1n) is 5.31. The molecule has 0 amide bonds. The summed E-state index contributed by atoms with van der Waals surface area (Å²) in [6.07, 6.45) is 7.46. The molecule has 0 heterocycles. The standard InChI is InChI=1S/C11H20N2O/c1-10(12-2)13-11(8-9-14)6-4-3-5-7-11/h9,12-13H,1,3-8H2,2H3. The molecule has 3 heteroatoms. The highest BCUT2D eigenvalue weighted by Crippen LogP contribution is 2.30. The van der Waals surface area contributed by atoms with E-state index in [0.29, 0.717) is 6.42 Å². The normalized spacial score (nSPS) is 19.8. The summed E-state index contributed by atoms with van der Waals surface area (Å²) in [5.41, 5.74) is -0.0277. The number of nitrogens with one attached hydrogen (secondary N) is 2. The molecule has 14 heavy (non-hydrogen) atoms. The third-order valence-electron chi connectivity index (χ3n) is 3.00. The topological polar surface area (TPSA) is 41.1 Å². The Morgan fingerprint density at radius 1 is 1.43 bits per heavy atom. The van der Waals surface area contributed by atoms with Gasteiger partial charge in [-0.05, 0) is 12.8 Å². The molecule has 0 aliphatic heterocycles. The second kappa shape index (κ2) is 5.03. The van der Waals surface area contributed by atoms with Gasteiger partial charge in [0.15, 0.2) is 0 Å². The summed E-state index contributed by atoms with van der Waals surface area (Å²) in [4.78, 5) is 10.7. The average molecular weight is 196 g/mol. The molecule has 1 aliphatic rings. The number of aldehydes is 1. The molecule has 2 N–H and O–H groups in total. The number of carbonyl (C=O) groups is 1. The van der Waals surface area contributed by atoms with Gasteiger partial charge >= 0.3 is 0 Å². The highest BCUT2D eigenvalue weighted by Gasteiger charge is 2.31. The minimum Gasteiger partial charge on any atom is -0.375 e. The predicted molar refractivity (Wildman–Crippen MR) is 57.8 cm³/mol. The molecule has 0 aromatic rings. The summed E-state index contributed by atoms with van der Waals surface area (Å²) >= 11 is 0. The Bertz CT molecular complexity index is 207. The number of carbonyl (C=O) groups excluding carboxylic acids is 1. The molecule has 80 valence electrons. The van der Waals surface area contributed by atoms with Crippen molar-refractivity contribution in [2.45, 2.75) is 44.1 Å². The molecular weight excluding hydrogens is 176 g/mol. The van der Waals surface area contributed by atoms with Gasteiger partial charge in [-0.1, -0.05) is 25.8 Å². The van der Waals surface area contributed by atoms with Gasteiger partial charge in [0.1, 0.15) is 6.29 Å². The van der Waals surface area contributed by atoms with Crippen molar-refractivity contribution >= 4 is 6.29 Å². The molecule has 0 spiro atoms. The van der Waals surface area contributed by atoms with E-state index >= 15 is 0 Å². The molecule has 0 saturated heterocycles. The molecule has 0 atom stereocenters. The first-order valence-corrected chi connectivity index (χ1v) is 5.31. The van der Waals surface area contributed by atoms with Crippen molar-refractivity contribution in [3.8, 4) is 0 Å². The van der Waals surface area contributed by atoms with Crippen molar-refractivity contribution in [3.05, 3.63) is 12.4 Å². The lowest BCUT2D eigenvalue weighted by Crippen LogP contribution is -2.48. The van der Waals surface area contributed by atoms with E-state index in [2.05, 4.69) is 17.2 Å². The van der Waals surface area contributed by atoms with Crippen molar-refractivity contribution in [2.75, 3.05) is 7.05 Å². The fourth-order valence-corrected chi connectivity index (χ4v) is 2.15. The van der Waals surface area contributed by atoms with Gasteiger partial charge in [-0.3, -0.25) is 0 Å². The van der Waals surface area contributed by atoms with E-state index in [1.807, 2.05) is 7.05 Å². The molecular formula is C11H20N2O. The van der Waals surface area contributed by atoms with Crippen molar-refractivity contribution in [3.63, 3.8) is 0 Å². The van der Waals surface area contributed by atoms with E-state index in [0.717, 1.165) is 24.9 Å². The highest BCUT2D eigenvalue weighted by molar-refractivity contribution is 5.52. The van der Waals surface area contributed by atoms with Crippen molar-refractivity contribution in [2.24, 2.45) is 0 Å². The maximum atomic E-state index is 10.7. The fraction of sp³-hybridized carbons (Fsp3) is 0.727. The predicted octanol–water partition coefficient (Wildman–Crippen LogP) is 1.56. The Hall–Kier alpha value is -0.990. The second-order valence-corrected chi connectivity index (χ2v) is 4.07. The van der Waals surface area contributed by atoms with E-state index in [1.165, 1.54) is 19.3 Å². The first-order chi connectivity index (χ1) is 6.72. The maximum Gasteiger partial charge on any atom is 0.122 e. The Labute approximate surface area is 86.0 Å². The minimum absolute atomic E-state index is 0.0277. The van der Waals surface area contributed by atoms with Crippen LogP contribution in [0.4, 0.5) is 0 Å². The van der Waals surface area contributed by atoms with Crippen LogP contribution in [-0.4, -0.2) is 18.9 Å². The maximum absolute atomic E-state index is 10.7. The van der Waals surface area contributed by atoms with Gasteiger partial charge in [0.2, 0.25) is 0 Å². The van der Waals surface area contributed by atoms with Crippen LogP contribution >= 0.6 is 0 Å². The Balaban J connectivity index is 2.59. The summed E-state index contributed by atoms with van der Waals surface area (Å²) in [5.74, 6) is 0.814. The van der Waals surface area contributed by atoms with E-state index in [9.17, 15) is 4.79 Å². The zero-order valence-corrected chi connectivity index (χ0v) is 8.94. The SMILES string of the molecule is C=C(NC)NC1(CC=O)CCCCC1. The van der Waals surface area contributed by atoms with Crippen LogP contribution in [0.5, 0.6) is 0 Å². The lowest BCUT2D eigenvalue weighted by Gasteiger charge is -2.38. The largest absolute Gasteiger partial charge is 0.375 e. The summed E-state index contributed by atoms with van der Waals surface area (Å²) in [6.45, 7) is 3.86. The minimum atomic E-state index is -0.0277. The van der Waals surface area contributed by atoms with Gasteiger partial charge < -0.3 is 15.4 Å². The molecule has 0 aromatic heterocycles. The Kier molecular flexibility index (Phi) is 3.98. The third kappa shape index (κ3) is 2.76. The molecule has 1 aliphatic carbocycles. The molecule has 3 nitrogen and oxygen atoms in total. The van der Waals surface area contributed by atoms with Crippen LogP contribution in [0.15, 0.2) is 12.4 Å². The molecule has 0 radical (unpaired) electrons. The van der Waals surface area contributed by atoms with Gasteiger partial charge in [0.05, 0.1) is 5.82 Å². The van der Waals surface area contributed by atoms with Crippen LogP contribution in [0.3, 0.4) is 0 Å². The van der Waals surface area contributed by atoms with Crippen molar-refractivity contribution in [1.82, 2.24) is 10.6 Å². The zero-order chi connectivity index (χ0) is 10.4. The second-order valence-electron chi connectivity index (χ2n) is 4.07. The summed E-state index contributed by atoms with van der Waals surface area (Å²) in [5, 5.41) is 6.32. The van der Waals surface area contributed by atoms with Crippen LogP contribution in [0, 0.1) is 0 Å². The van der Waals surface area contributed by atoms with E-state index < -0.39 is 0 Å². The summed E-state index contributed by atoms with van der Waals surface area (Å²) in [7, 11) is 1.84. The van der Waals surface area contributed by atoms with Crippen LogP contribution in [0.1, 0.15) is 38.5 Å². The van der Waals surface area contributed by atoms with Crippen LogP contribution in [-0.2, 0) is 4.79 Å². The van der Waals surface area contributed by atoms with Gasteiger partial charge in [-0.15, -0.1) is 0 Å². The van der Waals surface area contributed by atoms with Crippen molar-refractivity contribution < 1.29 is 4.79 Å². The summed E-state index contributed by atoms with van der Waals surface area (Å²) < 4.78 is 0. The molecule has 0 aromatic carbocycles. The van der Waals surface area contributed by atoms with Crippen LogP contribution in [0.25, 0.3) is 0 Å². The molecule has 1 fully saturated rings. The molecule has 1 rings (SSSR count). The van der Waals surface area contributed by atoms with Gasteiger partial charge in [0, 0.05) is 19.0 Å². The van der Waals surface area contributed by atoms with Gasteiger partial charge in [-0.2, -0.15) is 0 Å². The lowest BCUT2D eigenvalue weighted by molar-refractivity contribution is -0.109. The third-order valence-corrected chi connectivity index (χ3v) is 3.00. The van der Waals surface area contributed by atoms with Gasteiger partial charge in [0.25, 0.3) is 0 Å². The van der Waals surface area contributed by atoms with E-state index in [4.69, 9.17) is 0 Å². The first kappa shape index (κ1) is 11.1. The fourth-order valence-electron chi connectivity index (χ4n) is 2.15. The lowest BCUT2D eigenvalue weighted by atomic mass is 9.79. The van der Waals surface area contributed by atoms with Crippen LogP contribution in [0.2, 0.25) is 0 Å². The van der Waals surface area contributed by atoms with Crippen molar-refractivity contribution in [1.29, 1.82) is 0 Å². The number of hydrogen-bond acceptors (Lipinski definition) is 3. The van der Waals surface area contributed by atoms with E-state index in [1.54, 1.807) is 0 Å². The smallest absolute Gasteiger partial charge is 0.122 e. The number of hydrogen-bond donors (Lipinski definition) is 2. The Morgan fingerprint density at radius 2 is 2.07 bits per heavy atom. The van der Waals surface area contributed by atoms with Crippen LogP contribution < -0.4 is 10.6 Å². The summed E-state index contributed by atoms with van der Waals surface area (Å²) in [6, 6.07) is 0. The number of rotatable bonds is 5. The monoisotopic (exact) mass is 196 g/mol. The molecule has 1 saturated carbocycles. The quantitative estimate of drug-likeness (QED) is 0.656. The molecule has 0 unspecified atom stereocenters. The molecule has 0 bridgehead atoms. The Morgan fingerprint density at radius 3 is 2.57 bits per heavy atom. The zero-order valence-electron chi connectivity index (χ0n) is 8.94.